The predicted octanol–water partition coefficient (Wildman–Crippen LogP) is 3.50. The maximum atomic E-state index is 5.81. The number of unbranched alkanes of at least 4 members (excludes halogenated alkanes) is 1. The third-order valence-corrected chi connectivity index (χ3v) is 2.82. The average Bonchev–Trinajstić information content (AvgIpc) is 2.57. The Morgan fingerprint density at radius 2 is 2.15 bits per heavy atom. The normalized spacial score (nSPS) is 15.8. The molecule has 0 aromatic carbocycles. The van der Waals surface area contributed by atoms with Crippen LogP contribution in [0.3, 0.4) is 0 Å². The molecule has 0 spiro atoms. The van der Waals surface area contributed by atoms with E-state index in [1.165, 1.54) is 55.6 Å². The first-order valence-electron chi connectivity index (χ1n) is 5.50. The molecule has 0 aliphatic heterocycles. The van der Waals surface area contributed by atoms with Gasteiger partial charge in [0.2, 0.25) is 0 Å². The van der Waals surface area contributed by atoms with Crippen LogP contribution >= 0.6 is 0 Å². The van der Waals surface area contributed by atoms with Crippen LogP contribution in [0.1, 0.15) is 49.7 Å². The van der Waals surface area contributed by atoms with Crippen molar-refractivity contribution in [1.82, 2.24) is 0 Å². The summed E-state index contributed by atoms with van der Waals surface area (Å²) in [5, 5.41) is 0. The fourth-order valence-electron chi connectivity index (χ4n) is 2.03. The molecular weight excluding hydrogens is 160 g/mol. The number of hydrogen-bond donors (Lipinski definition) is 0. The highest BCUT2D eigenvalue weighted by Crippen LogP contribution is 2.25. The molecule has 1 heterocycles. The fourth-order valence-corrected chi connectivity index (χ4v) is 2.03. The first kappa shape index (κ1) is 8.86. The Balaban J connectivity index is 2.07. The number of aryl methyl sites for hydroxylation is 3. The standard InChI is InChI=1S/C12H18O/c1-2-3-7-11-9-10-6-4-5-8-12(10)13-11/h9H,2-8H2,1H3. The molecule has 72 valence electrons. The minimum Gasteiger partial charge on any atom is -0.466 e. The zero-order valence-electron chi connectivity index (χ0n) is 8.44. The zero-order chi connectivity index (χ0) is 9.10. The number of rotatable bonds is 3. The van der Waals surface area contributed by atoms with Gasteiger partial charge >= 0.3 is 0 Å². The molecule has 1 aliphatic rings. The second-order valence-electron chi connectivity index (χ2n) is 3.97. The maximum absolute atomic E-state index is 5.81. The van der Waals surface area contributed by atoms with Gasteiger partial charge in [0.15, 0.2) is 0 Å². The van der Waals surface area contributed by atoms with Crippen molar-refractivity contribution < 1.29 is 4.42 Å². The highest BCUT2D eigenvalue weighted by molar-refractivity contribution is 5.24. The Labute approximate surface area is 80.1 Å². The van der Waals surface area contributed by atoms with E-state index in [-0.39, 0.29) is 0 Å². The number of hydrogen-bond acceptors (Lipinski definition) is 1. The molecule has 1 nitrogen and oxygen atoms in total. The monoisotopic (exact) mass is 178 g/mol. The molecule has 1 aromatic heterocycles. The lowest BCUT2D eigenvalue weighted by atomic mass is 9.98. The number of furan rings is 1. The topological polar surface area (TPSA) is 13.1 Å². The van der Waals surface area contributed by atoms with Gasteiger partial charge in [-0.3, -0.25) is 0 Å². The highest BCUT2D eigenvalue weighted by atomic mass is 16.3. The van der Waals surface area contributed by atoms with Gasteiger partial charge in [-0.25, -0.2) is 0 Å². The van der Waals surface area contributed by atoms with Gasteiger partial charge in [-0.15, -0.1) is 0 Å². The Bertz CT molecular complexity index is 249. The lowest BCUT2D eigenvalue weighted by Gasteiger charge is -2.07. The molecule has 1 aliphatic carbocycles. The van der Waals surface area contributed by atoms with Crippen LogP contribution in [0.15, 0.2) is 10.5 Å². The van der Waals surface area contributed by atoms with Crippen molar-refractivity contribution >= 4 is 0 Å². The molecule has 1 heteroatoms. The van der Waals surface area contributed by atoms with Crippen LogP contribution in [-0.4, -0.2) is 0 Å². The molecule has 2 rings (SSSR count). The van der Waals surface area contributed by atoms with Crippen LogP contribution in [0, 0.1) is 0 Å². The van der Waals surface area contributed by atoms with E-state index in [9.17, 15) is 0 Å². The SMILES string of the molecule is CCCCc1cc2c(o1)CCCC2. The van der Waals surface area contributed by atoms with Gasteiger partial charge in [0, 0.05) is 12.8 Å². The molecular formula is C12H18O. The molecule has 0 saturated carbocycles. The largest absolute Gasteiger partial charge is 0.466 e. The quantitative estimate of drug-likeness (QED) is 0.690. The van der Waals surface area contributed by atoms with Crippen LogP contribution in [-0.2, 0) is 19.3 Å². The smallest absolute Gasteiger partial charge is 0.107 e. The van der Waals surface area contributed by atoms with Crippen molar-refractivity contribution in [1.29, 1.82) is 0 Å². The summed E-state index contributed by atoms with van der Waals surface area (Å²) < 4.78 is 5.81. The number of fused-ring (bicyclic) bond motifs is 1. The minimum atomic E-state index is 1.13. The van der Waals surface area contributed by atoms with E-state index < -0.39 is 0 Å². The van der Waals surface area contributed by atoms with Gasteiger partial charge in [-0.2, -0.15) is 0 Å². The van der Waals surface area contributed by atoms with E-state index in [0.29, 0.717) is 0 Å². The Morgan fingerprint density at radius 3 is 2.92 bits per heavy atom. The van der Waals surface area contributed by atoms with Gasteiger partial charge in [0.25, 0.3) is 0 Å². The van der Waals surface area contributed by atoms with Crippen molar-refractivity contribution in [2.45, 2.75) is 51.9 Å². The van der Waals surface area contributed by atoms with E-state index in [1.807, 2.05) is 0 Å². The van der Waals surface area contributed by atoms with Crippen LogP contribution in [0.4, 0.5) is 0 Å². The van der Waals surface area contributed by atoms with Crippen molar-refractivity contribution in [3.63, 3.8) is 0 Å². The summed E-state index contributed by atoms with van der Waals surface area (Å²) in [5.74, 6) is 2.49. The lowest BCUT2D eigenvalue weighted by molar-refractivity contribution is 0.439. The molecule has 0 saturated heterocycles. The van der Waals surface area contributed by atoms with Gasteiger partial charge in [0.1, 0.15) is 11.5 Å². The molecule has 0 unspecified atom stereocenters. The summed E-state index contributed by atoms with van der Waals surface area (Å²) in [6, 6.07) is 2.28. The van der Waals surface area contributed by atoms with Crippen LogP contribution in [0.5, 0.6) is 0 Å². The predicted molar refractivity (Wildman–Crippen MR) is 54.0 cm³/mol. The maximum Gasteiger partial charge on any atom is 0.107 e. The van der Waals surface area contributed by atoms with Gasteiger partial charge < -0.3 is 4.42 Å². The van der Waals surface area contributed by atoms with Crippen molar-refractivity contribution in [2.75, 3.05) is 0 Å². The summed E-state index contributed by atoms with van der Waals surface area (Å²) in [5.41, 5.74) is 1.48. The Kier molecular flexibility index (Phi) is 2.72. The third-order valence-electron chi connectivity index (χ3n) is 2.82. The lowest BCUT2D eigenvalue weighted by Crippen LogP contribution is -1.97. The van der Waals surface area contributed by atoms with Crippen molar-refractivity contribution in [3.05, 3.63) is 23.2 Å². The van der Waals surface area contributed by atoms with Crippen LogP contribution in [0.25, 0.3) is 0 Å². The summed E-state index contributed by atoms with van der Waals surface area (Å²) in [7, 11) is 0. The minimum absolute atomic E-state index is 1.13. The zero-order valence-corrected chi connectivity index (χ0v) is 8.44. The van der Waals surface area contributed by atoms with E-state index in [1.54, 1.807) is 0 Å². The van der Waals surface area contributed by atoms with Gasteiger partial charge in [0.05, 0.1) is 0 Å². The van der Waals surface area contributed by atoms with Gasteiger partial charge in [-0.05, 0) is 37.3 Å². The van der Waals surface area contributed by atoms with E-state index in [2.05, 4.69) is 13.0 Å². The second-order valence-corrected chi connectivity index (χ2v) is 3.97. The van der Waals surface area contributed by atoms with Crippen LogP contribution in [0.2, 0.25) is 0 Å². The molecule has 13 heavy (non-hydrogen) atoms. The molecule has 0 bridgehead atoms. The van der Waals surface area contributed by atoms with Crippen molar-refractivity contribution in [2.24, 2.45) is 0 Å². The molecule has 0 N–H and O–H groups in total. The molecule has 0 radical (unpaired) electrons. The average molecular weight is 178 g/mol. The van der Waals surface area contributed by atoms with Gasteiger partial charge in [-0.1, -0.05) is 13.3 Å². The third kappa shape index (κ3) is 1.96. The fraction of sp³-hybridized carbons (Fsp3) is 0.667. The summed E-state index contributed by atoms with van der Waals surface area (Å²) in [6.07, 6.45) is 8.71. The molecule has 1 aromatic rings. The molecule has 0 fully saturated rings. The van der Waals surface area contributed by atoms with Crippen molar-refractivity contribution in [3.8, 4) is 0 Å². The van der Waals surface area contributed by atoms with E-state index >= 15 is 0 Å². The summed E-state index contributed by atoms with van der Waals surface area (Å²) >= 11 is 0. The highest BCUT2D eigenvalue weighted by Gasteiger charge is 2.14. The Hall–Kier alpha value is -0.720. The first-order chi connectivity index (χ1) is 6.40. The summed E-state index contributed by atoms with van der Waals surface area (Å²) in [6.45, 7) is 2.23. The summed E-state index contributed by atoms with van der Waals surface area (Å²) in [4.78, 5) is 0. The molecule has 0 atom stereocenters. The molecule has 0 amide bonds. The van der Waals surface area contributed by atoms with E-state index in [4.69, 9.17) is 4.42 Å². The second kappa shape index (κ2) is 3.99. The Morgan fingerprint density at radius 1 is 1.31 bits per heavy atom. The van der Waals surface area contributed by atoms with E-state index in [0.717, 1.165) is 6.42 Å². The van der Waals surface area contributed by atoms with Crippen LogP contribution < -0.4 is 0 Å². The first-order valence-corrected chi connectivity index (χ1v) is 5.50.